The highest BCUT2D eigenvalue weighted by atomic mass is 35.5. The lowest BCUT2D eigenvalue weighted by Crippen LogP contribution is -2.64. The van der Waals surface area contributed by atoms with E-state index in [1.165, 1.54) is 4.90 Å². The van der Waals surface area contributed by atoms with E-state index in [1.807, 2.05) is 34.6 Å². The van der Waals surface area contributed by atoms with Crippen molar-refractivity contribution < 1.29 is 19.0 Å². The second kappa shape index (κ2) is 6.84. The number of nitrogens with two attached hydrogens (primary N) is 1. The number of likely N-dealkylation sites (N-methyl/N-ethyl adjacent to an activating group) is 1. The van der Waals surface area contributed by atoms with Gasteiger partial charge in [-0.2, -0.15) is 0 Å². The first-order valence-electron chi connectivity index (χ1n) is 9.33. The van der Waals surface area contributed by atoms with Gasteiger partial charge in [-0.15, -0.1) is 0 Å². The summed E-state index contributed by atoms with van der Waals surface area (Å²) in [5.74, 6) is -0.0488. The summed E-state index contributed by atoms with van der Waals surface area (Å²) < 4.78 is 1.89. The number of urea groups is 1. The van der Waals surface area contributed by atoms with Gasteiger partial charge in [0, 0.05) is 23.6 Å². The summed E-state index contributed by atoms with van der Waals surface area (Å²) in [5.41, 5.74) is 7.06. The summed E-state index contributed by atoms with van der Waals surface area (Å²) in [6, 6.07) is 4.29. The molecule has 1 aromatic carbocycles. The van der Waals surface area contributed by atoms with E-state index >= 15 is 0 Å². The van der Waals surface area contributed by atoms with Gasteiger partial charge in [0.1, 0.15) is 12.2 Å². The minimum atomic E-state index is -0.767. The predicted octanol–water partition coefficient (Wildman–Crippen LogP) is 0.633. The lowest BCUT2D eigenvalue weighted by molar-refractivity contribution is -0.545. The van der Waals surface area contributed by atoms with Gasteiger partial charge in [-0.05, 0) is 19.1 Å². The Bertz CT molecular complexity index is 1000. The quantitative estimate of drug-likeness (QED) is 0.729. The van der Waals surface area contributed by atoms with E-state index < -0.39 is 30.4 Å². The molecule has 1 fully saturated rings. The van der Waals surface area contributed by atoms with E-state index in [4.69, 9.17) is 17.3 Å². The molecule has 1 saturated heterocycles. The van der Waals surface area contributed by atoms with Crippen molar-refractivity contribution in [2.24, 2.45) is 16.6 Å². The minimum Gasteiger partial charge on any atom is -0.368 e. The molecule has 3 aliphatic rings. The first kappa shape index (κ1) is 19.4. The van der Waals surface area contributed by atoms with Crippen LogP contribution in [0.15, 0.2) is 23.2 Å². The zero-order valence-corrected chi connectivity index (χ0v) is 17.2. The number of amides is 4. The molecule has 1 aromatic rings. The number of benzene rings is 1. The van der Waals surface area contributed by atoms with Crippen LogP contribution in [0, 0.1) is 12.8 Å². The zero-order valence-electron chi connectivity index (χ0n) is 16.4. The molecule has 29 heavy (non-hydrogen) atoms. The number of anilines is 1. The molecular formula is C19H22ClN6O3+. The van der Waals surface area contributed by atoms with Crippen LogP contribution in [0.3, 0.4) is 0 Å². The summed E-state index contributed by atoms with van der Waals surface area (Å²) in [6.07, 6.45) is 0. The van der Waals surface area contributed by atoms with E-state index in [-0.39, 0.29) is 5.92 Å². The van der Waals surface area contributed by atoms with Crippen molar-refractivity contribution in [3.63, 3.8) is 0 Å². The number of nitrogens with zero attached hydrogens (tertiary/aromatic N) is 5. The van der Waals surface area contributed by atoms with Gasteiger partial charge in [-0.1, -0.05) is 29.6 Å². The van der Waals surface area contributed by atoms with Crippen molar-refractivity contribution in [1.29, 1.82) is 0 Å². The molecule has 0 bridgehead atoms. The highest BCUT2D eigenvalue weighted by Gasteiger charge is 2.55. The molecule has 4 amide bonds. The highest BCUT2D eigenvalue weighted by Crippen LogP contribution is 2.32. The number of hydrogen-bond acceptors (Lipinski definition) is 5. The normalized spacial score (nSPS) is 24.0. The molecule has 3 heterocycles. The Balaban J connectivity index is 1.81. The van der Waals surface area contributed by atoms with Crippen molar-refractivity contribution in [1.82, 2.24) is 9.80 Å². The summed E-state index contributed by atoms with van der Waals surface area (Å²) in [5, 5.41) is 0.645. The first-order chi connectivity index (χ1) is 13.7. The Kier molecular flexibility index (Phi) is 4.57. The molecule has 0 spiro atoms. The van der Waals surface area contributed by atoms with Crippen LogP contribution in [-0.2, 0) is 9.59 Å². The Morgan fingerprint density at radius 1 is 1.38 bits per heavy atom. The number of primary amides is 1. The van der Waals surface area contributed by atoms with Crippen molar-refractivity contribution in [3.05, 3.63) is 28.8 Å². The Morgan fingerprint density at radius 2 is 2.10 bits per heavy atom. The van der Waals surface area contributed by atoms with Gasteiger partial charge in [-0.25, -0.2) is 14.3 Å². The molecule has 2 N–H and O–H groups in total. The molecule has 152 valence electrons. The topological polar surface area (TPSA) is 102 Å². The fourth-order valence-electron chi connectivity index (χ4n) is 4.09. The maximum atomic E-state index is 13.1. The van der Waals surface area contributed by atoms with Crippen LogP contribution in [0.4, 0.5) is 10.5 Å². The fraction of sp³-hybridized carbons (Fsp3) is 0.421. The number of carbonyl (C=O) groups excluding carboxylic acids is 3. The van der Waals surface area contributed by atoms with Crippen molar-refractivity contribution in [3.8, 4) is 0 Å². The Morgan fingerprint density at radius 3 is 2.79 bits per heavy atom. The van der Waals surface area contributed by atoms with Gasteiger partial charge in [0.05, 0.1) is 13.1 Å². The van der Waals surface area contributed by atoms with Crippen LogP contribution in [0.5, 0.6) is 0 Å². The molecule has 10 heteroatoms. The molecule has 2 atom stereocenters. The molecule has 0 aliphatic carbocycles. The van der Waals surface area contributed by atoms with E-state index in [2.05, 4.69) is 11.9 Å². The number of amidine groups is 1. The lowest BCUT2D eigenvalue weighted by Gasteiger charge is -2.35. The van der Waals surface area contributed by atoms with E-state index in [1.54, 1.807) is 7.05 Å². The van der Waals surface area contributed by atoms with Crippen molar-refractivity contribution in [2.45, 2.75) is 19.9 Å². The summed E-state index contributed by atoms with van der Waals surface area (Å²) >= 11 is 6.32. The second-order valence-corrected chi connectivity index (χ2v) is 8.06. The number of carbonyl (C=O) groups is 3. The number of guanidine groups is 1. The van der Waals surface area contributed by atoms with Gasteiger partial charge in [0.2, 0.25) is 17.8 Å². The average molecular weight is 418 g/mol. The number of aliphatic imine (C=N–C) groups is 1. The van der Waals surface area contributed by atoms with Crippen LogP contribution < -0.4 is 10.6 Å². The molecule has 4 rings (SSSR count). The average Bonchev–Trinajstić information content (AvgIpc) is 3.04. The van der Waals surface area contributed by atoms with Crippen molar-refractivity contribution in [2.75, 3.05) is 31.6 Å². The van der Waals surface area contributed by atoms with Crippen molar-refractivity contribution >= 4 is 46.9 Å². The van der Waals surface area contributed by atoms with Crippen LogP contribution in [0.25, 0.3) is 0 Å². The molecule has 0 aromatic heterocycles. The Labute approximate surface area is 173 Å². The van der Waals surface area contributed by atoms with Crippen LogP contribution >= 0.6 is 11.6 Å². The molecule has 0 saturated carbocycles. The van der Waals surface area contributed by atoms with Gasteiger partial charge >= 0.3 is 12.0 Å². The third-order valence-corrected chi connectivity index (χ3v) is 5.89. The standard InChI is InChI=1S/C19H21ClN6O3/c1-10-7-24(13-6-4-5-12(20)11(13)2)18-22-16-15(25(18)8-10)17(28)26(9-14(21)27)19(29)23(16)3/h4-6,10,15H,7-9H2,1-3H3,(H-,21,27)/p+1. The van der Waals surface area contributed by atoms with E-state index in [0.29, 0.717) is 29.9 Å². The predicted molar refractivity (Wildman–Crippen MR) is 108 cm³/mol. The van der Waals surface area contributed by atoms with Gasteiger partial charge in [0.25, 0.3) is 5.91 Å². The van der Waals surface area contributed by atoms with Crippen LogP contribution in [0.2, 0.25) is 5.02 Å². The molecule has 9 nitrogen and oxygen atoms in total. The molecule has 3 aliphatic heterocycles. The number of fused-ring (bicyclic) bond motifs is 2. The fourth-order valence-corrected chi connectivity index (χ4v) is 4.26. The maximum Gasteiger partial charge on any atom is 0.397 e. The number of halogens is 1. The highest BCUT2D eigenvalue weighted by molar-refractivity contribution is 6.32. The van der Waals surface area contributed by atoms with E-state index in [9.17, 15) is 14.4 Å². The van der Waals surface area contributed by atoms with Gasteiger partial charge in [-0.3, -0.25) is 19.4 Å². The molecule has 2 unspecified atom stereocenters. The number of hydrogen-bond donors (Lipinski definition) is 1. The zero-order chi connectivity index (χ0) is 21.0. The third-order valence-electron chi connectivity index (χ3n) is 5.48. The number of imide groups is 1. The third kappa shape index (κ3) is 2.96. The monoisotopic (exact) mass is 417 g/mol. The lowest BCUT2D eigenvalue weighted by atomic mass is 10.1. The van der Waals surface area contributed by atoms with Crippen LogP contribution in [0.1, 0.15) is 12.5 Å². The summed E-state index contributed by atoms with van der Waals surface area (Å²) in [4.78, 5) is 46.0. The smallest absolute Gasteiger partial charge is 0.368 e. The van der Waals surface area contributed by atoms with Crippen LogP contribution in [-0.4, -0.2) is 76.7 Å². The maximum absolute atomic E-state index is 13.1. The largest absolute Gasteiger partial charge is 0.397 e. The first-order valence-corrected chi connectivity index (χ1v) is 9.70. The van der Waals surface area contributed by atoms with Gasteiger partial charge in [0.15, 0.2) is 0 Å². The SMILES string of the molecule is Cc1c(Cl)cccc1N1CC(C)C[N+]2=C1N=C1C2C(=O)N(CC(N)=O)C(=O)N1C. The summed E-state index contributed by atoms with van der Waals surface area (Å²) in [7, 11) is 1.55. The number of rotatable bonds is 3. The minimum absolute atomic E-state index is 0.229. The Hall–Kier alpha value is -2.94. The molecule has 0 radical (unpaired) electrons. The van der Waals surface area contributed by atoms with Gasteiger partial charge < -0.3 is 5.73 Å². The van der Waals surface area contributed by atoms with E-state index in [0.717, 1.165) is 16.2 Å². The molecular weight excluding hydrogens is 396 g/mol. The second-order valence-electron chi connectivity index (χ2n) is 7.66. The summed E-state index contributed by atoms with van der Waals surface area (Å²) in [6.45, 7) is 4.87.